The van der Waals surface area contributed by atoms with Crippen LogP contribution in [-0.4, -0.2) is 51.3 Å². The van der Waals surface area contributed by atoms with Crippen LogP contribution in [0.2, 0.25) is 0 Å². The first kappa shape index (κ1) is 19.8. The van der Waals surface area contributed by atoms with E-state index in [1.807, 2.05) is 4.68 Å². The van der Waals surface area contributed by atoms with E-state index >= 15 is 0 Å². The standard InChI is InChI=1S/C21H34N6/c1-6-7-10-20(21-22-23-24-27(21)16(2)3)26-14-12-25(13-15-26)19-11-8-9-17(4)18(19)5/h8-9,11,16,20H,6-7,10,12-15H2,1-5H3/t20-/m0/s1. The van der Waals surface area contributed by atoms with Gasteiger partial charge >= 0.3 is 0 Å². The maximum atomic E-state index is 4.42. The number of piperazine rings is 1. The fourth-order valence-electron chi connectivity index (χ4n) is 4.01. The van der Waals surface area contributed by atoms with E-state index in [4.69, 9.17) is 0 Å². The number of aromatic nitrogens is 4. The molecule has 3 rings (SSSR count). The van der Waals surface area contributed by atoms with Gasteiger partial charge in [0.05, 0.1) is 12.1 Å². The van der Waals surface area contributed by atoms with Crippen LogP contribution in [0, 0.1) is 13.8 Å². The summed E-state index contributed by atoms with van der Waals surface area (Å²) < 4.78 is 2.00. The topological polar surface area (TPSA) is 50.1 Å². The molecule has 0 N–H and O–H groups in total. The molecule has 0 aliphatic carbocycles. The lowest BCUT2D eigenvalue weighted by Gasteiger charge is -2.40. The number of nitrogens with zero attached hydrogens (tertiary/aromatic N) is 6. The molecule has 148 valence electrons. The van der Waals surface area contributed by atoms with Crippen molar-refractivity contribution in [3.8, 4) is 0 Å². The van der Waals surface area contributed by atoms with Crippen LogP contribution in [0.5, 0.6) is 0 Å². The lowest BCUT2D eigenvalue weighted by atomic mass is 10.0. The molecule has 1 aliphatic heterocycles. The molecule has 6 heteroatoms. The van der Waals surface area contributed by atoms with Crippen LogP contribution in [0.4, 0.5) is 5.69 Å². The molecule has 0 bridgehead atoms. The molecule has 0 saturated carbocycles. The van der Waals surface area contributed by atoms with Crippen LogP contribution in [0.25, 0.3) is 0 Å². The predicted octanol–water partition coefficient (Wildman–Crippen LogP) is 3.92. The molecular weight excluding hydrogens is 336 g/mol. The van der Waals surface area contributed by atoms with E-state index in [9.17, 15) is 0 Å². The molecule has 2 aromatic rings. The van der Waals surface area contributed by atoms with Crippen molar-refractivity contribution in [2.24, 2.45) is 0 Å². The SMILES string of the molecule is CCCC[C@@H](c1nnnn1C(C)C)N1CCN(c2cccc(C)c2C)CC1. The number of rotatable bonds is 7. The smallest absolute Gasteiger partial charge is 0.168 e. The third-order valence-electron chi connectivity index (χ3n) is 5.81. The molecule has 1 aromatic carbocycles. The molecule has 1 fully saturated rings. The van der Waals surface area contributed by atoms with Crippen molar-refractivity contribution in [2.75, 3.05) is 31.1 Å². The summed E-state index contributed by atoms with van der Waals surface area (Å²) in [6.07, 6.45) is 3.52. The Kier molecular flexibility index (Phi) is 6.47. The Balaban J connectivity index is 1.74. The molecule has 1 saturated heterocycles. The van der Waals surface area contributed by atoms with Gasteiger partial charge in [0.1, 0.15) is 0 Å². The van der Waals surface area contributed by atoms with E-state index in [1.54, 1.807) is 0 Å². The molecule has 0 spiro atoms. The molecule has 0 amide bonds. The fraction of sp³-hybridized carbons (Fsp3) is 0.667. The van der Waals surface area contributed by atoms with Gasteiger partial charge in [-0.05, 0) is 61.7 Å². The molecule has 27 heavy (non-hydrogen) atoms. The Labute approximate surface area is 163 Å². The van der Waals surface area contributed by atoms with E-state index in [0.29, 0.717) is 6.04 Å². The lowest BCUT2D eigenvalue weighted by Crippen LogP contribution is -2.48. The van der Waals surface area contributed by atoms with E-state index in [1.165, 1.54) is 29.7 Å². The number of unbranched alkanes of at least 4 members (excludes halogenated alkanes) is 1. The van der Waals surface area contributed by atoms with E-state index < -0.39 is 0 Å². The Morgan fingerprint density at radius 2 is 1.81 bits per heavy atom. The number of tetrazole rings is 1. The van der Waals surface area contributed by atoms with Crippen molar-refractivity contribution in [3.05, 3.63) is 35.2 Å². The summed E-state index contributed by atoms with van der Waals surface area (Å²) in [7, 11) is 0. The van der Waals surface area contributed by atoms with Gasteiger partial charge in [0.25, 0.3) is 0 Å². The van der Waals surface area contributed by atoms with Crippen LogP contribution >= 0.6 is 0 Å². The predicted molar refractivity (Wildman–Crippen MR) is 110 cm³/mol. The van der Waals surface area contributed by atoms with Gasteiger partial charge in [-0.2, -0.15) is 0 Å². The maximum absolute atomic E-state index is 4.42. The Morgan fingerprint density at radius 3 is 2.48 bits per heavy atom. The molecule has 0 unspecified atom stereocenters. The minimum atomic E-state index is 0.287. The summed E-state index contributed by atoms with van der Waals surface area (Å²) in [6.45, 7) is 15.2. The monoisotopic (exact) mass is 370 g/mol. The summed E-state index contributed by atoms with van der Waals surface area (Å²) in [4.78, 5) is 5.11. The number of hydrogen-bond acceptors (Lipinski definition) is 5. The summed E-state index contributed by atoms with van der Waals surface area (Å²) in [5, 5.41) is 12.6. The van der Waals surface area contributed by atoms with Crippen LogP contribution in [0.3, 0.4) is 0 Å². The third kappa shape index (κ3) is 4.32. The molecule has 6 nitrogen and oxygen atoms in total. The minimum Gasteiger partial charge on any atom is -0.369 e. The second kappa shape index (κ2) is 8.83. The van der Waals surface area contributed by atoms with Crippen molar-refractivity contribution in [2.45, 2.75) is 66.0 Å². The molecule has 0 radical (unpaired) electrons. The highest BCUT2D eigenvalue weighted by atomic mass is 15.6. The normalized spacial score (nSPS) is 16.9. The number of hydrogen-bond donors (Lipinski definition) is 0. The van der Waals surface area contributed by atoms with Gasteiger partial charge in [0, 0.05) is 31.9 Å². The first-order chi connectivity index (χ1) is 13.0. The van der Waals surface area contributed by atoms with Crippen LogP contribution < -0.4 is 4.90 Å². The quantitative estimate of drug-likeness (QED) is 0.739. The van der Waals surface area contributed by atoms with Crippen molar-refractivity contribution in [1.82, 2.24) is 25.1 Å². The Bertz CT molecular complexity index is 730. The highest BCUT2D eigenvalue weighted by Gasteiger charge is 2.29. The molecule has 2 heterocycles. The zero-order valence-corrected chi connectivity index (χ0v) is 17.5. The van der Waals surface area contributed by atoms with Gasteiger partial charge < -0.3 is 4.90 Å². The third-order valence-corrected chi connectivity index (χ3v) is 5.81. The molecule has 1 aromatic heterocycles. The van der Waals surface area contributed by atoms with E-state index in [2.05, 4.69) is 78.1 Å². The van der Waals surface area contributed by atoms with Gasteiger partial charge in [-0.3, -0.25) is 4.90 Å². The summed E-state index contributed by atoms with van der Waals surface area (Å²) in [5.74, 6) is 1.03. The van der Waals surface area contributed by atoms with E-state index in [0.717, 1.165) is 38.4 Å². The first-order valence-electron chi connectivity index (χ1n) is 10.4. The zero-order chi connectivity index (χ0) is 19.4. The second-order valence-corrected chi connectivity index (χ2v) is 7.98. The largest absolute Gasteiger partial charge is 0.369 e. The number of benzene rings is 1. The highest BCUT2D eigenvalue weighted by molar-refractivity contribution is 5.56. The zero-order valence-electron chi connectivity index (χ0n) is 17.5. The van der Waals surface area contributed by atoms with Crippen molar-refractivity contribution >= 4 is 5.69 Å². The lowest BCUT2D eigenvalue weighted by molar-refractivity contribution is 0.161. The molecular formula is C21H34N6. The minimum absolute atomic E-state index is 0.287. The molecule has 1 aliphatic rings. The summed E-state index contributed by atoms with van der Waals surface area (Å²) >= 11 is 0. The Hall–Kier alpha value is -1.95. The number of anilines is 1. The highest BCUT2D eigenvalue weighted by Crippen LogP contribution is 2.29. The average Bonchev–Trinajstić information content (AvgIpc) is 3.15. The fourth-order valence-corrected chi connectivity index (χ4v) is 4.01. The maximum Gasteiger partial charge on any atom is 0.168 e. The first-order valence-corrected chi connectivity index (χ1v) is 10.4. The summed E-state index contributed by atoms with van der Waals surface area (Å²) in [5.41, 5.74) is 4.15. The van der Waals surface area contributed by atoms with Crippen LogP contribution in [-0.2, 0) is 0 Å². The van der Waals surface area contributed by atoms with Gasteiger partial charge in [0.2, 0.25) is 0 Å². The van der Waals surface area contributed by atoms with Gasteiger partial charge in [-0.15, -0.1) is 5.10 Å². The van der Waals surface area contributed by atoms with Crippen molar-refractivity contribution < 1.29 is 0 Å². The second-order valence-electron chi connectivity index (χ2n) is 7.98. The Morgan fingerprint density at radius 1 is 1.07 bits per heavy atom. The van der Waals surface area contributed by atoms with Gasteiger partial charge in [-0.25, -0.2) is 4.68 Å². The number of aryl methyl sites for hydroxylation is 1. The molecule has 1 atom stereocenters. The van der Waals surface area contributed by atoms with Crippen LogP contribution in [0.15, 0.2) is 18.2 Å². The van der Waals surface area contributed by atoms with Crippen molar-refractivity contribution in [3.63, 3.8) is 0 Å². The average molecular weight is 371 g/mol. The summed E-state index contributed by atoms with van der Waals surface area (Å²) in [6, 6.07) is 7.22. The van der Waals surface area contributed by atoms with E-state index in [-0.39, 0.29) is 6.04 Å². The van der Waals surface area contributed by atoms with Crippen LogP contribution in [0.1, 0.15) is 69.1 Å². The van der Waals surface area contributed by atoms with Gasteiger partial charge in [-0.1, -0.05) is 31.9 Å². The van der Waals surface area contributed by atoms with Crippen molar-refractivity contribution in [1.29, 1.82) is 0 Å². The van der Waals surface area contributed by atoms with Gasteiger partial charge in [0.15, 0.2) is 5.82 Å².